The lowest BCUT2D eigenvalue weighted by atomic mass is 10.0. The van der Waals surface area contributed by atoms with Crippen molar-refractivity contribution >= 4 is 11.3 Å². The molecule has 0 amide bonds. The van der Waals surface area contributed by atoms with Gasteiger partial charge in [-0.15, -0.1) is 0 Å². The molecule has 0 saturated carbocycles. The molecule has 0 aliphatic heterocycles. The number of pyridine rings is 1. The number of thiophene rings is 1. The first-order chi connectivity index (χ1) is 11.3. The van der Waals surface area contributed by atoms with Gasteiger partial charge in [0, 0.05) is 22.1 Å². The first-order valence-electron chi connectivity index (χ1n) is 7.44. The van der Waals surface area contributed by atoms with Crippen LogP contribution in [0.4, 0.5) is 0 Å². The molecule has 1 aromatic carbocycles. The normalized spacial score (nSPS) is 10.8. The highest BCUT2D eigenvalue weighted by atomic mass is 32.1. The Morgan fingerprint density at radius 1 is 0.826 bits per heavy atom. The van der Waals surface area contributed by atoms with E-state index in [1.165, 1.54) is 5.56 Å². The Morgan fingerprint density at radius 3 is 2.26 bits per heavy atom. The summed E-state index contributed by atoms with van der Waals surface area (Å²) in [5.41, 5.74) is 7.66. The van der Waals surface area contributed by atoms with Gasteiger partial charge in [-0.05, 0) is 42.1 Å². The molecule has 23 heavy (non-hydrogen) atoms. The van der Waals surface area contributed by atoms with Gasteiger partial charge in [0.15, 0.2) is 0 Å². The van der Waals surface area contributed by atoms with Crippen LogP contribution in [0.5, 0.6) is 0 Å². The maximum Gasteiger partial charge on any atom is 0.0980 e. The van der Waals surface area contributed by atoms with Crippen LogP contribution in [0.2, 0.25) is 0 Å². The molecule has 4 rings (SSSR count). The summed E-state index contributed by atoms with van der Waals surface area (Å²) in [7, 11) is 0. The van der Waals surface area contributed by atoms with Crippen molar-refractivity contribution in [3.05, 3.63) is 77.4 Å². The van der Waals surface area contributed by atoms with Crippen LogP contribution in [0.15, 0.2) is 76.2 Å². The van der Waals surface area contributed by atoms with E-state index >= 15 is 0 Å². The zero-order chi connectivity index (χ0) is 15.6. The molecule has 0 saturated heterocycles. The van der Waals surface area contributed by atoms with Crippen molar-refractivity contribution in [3.63, 3.8) is 0 Å². The second-order valence-electron chi connectivity index (χ2n) is 5.52. The molecular formula is C20H15NOS. The Labute approximate surface area is 139 Å². The topological polar surface area (TPSA) is 26.0 Å². The Bertz CT molecular complexity index is 854. The van der Waals surface area contributed by atoms with Crippen LogP contribution in [0, 0.1) is 6.92 Å². The lowest BCUT2D eigenvalue weighted by Crippen LogP contribution is -1.90. The van der Waals surface area contributed by atoms with Gasteiger partial charge in [0.25, 0.3) is 0 Å². The number of furan rings is 1. The number of nitrogens with zero attached hydrogens (tertiary/aromatic N) is 1. The third kappa shape index (κ3) is 2.83. The first-order valence-corrected chi connectivity index (χ1v) is 8.38. The van der Waals surface area contributed by atoms with Gasteiger partial charge in [-0.25, -0.2) is 4.98 Å². The maximum atomic E-state index is 5.24. The van der Waals surface area contributed by atoms with Crippen LogP contribution in [-0.2, 0) is 0 Å². The van der Waals surface area contributed by atoms with Gasteiger partial charge < -0.3 is 4.42 Å². The fourth-order valence-electron chi connectivity index (χ4n) is 2.56. The second kappa shape index (κ2) is 5.86. The molecule has 2 nitrogen and oxygen atoms in total. The predicted molar refractivity (Wildman–Crippen MR) is 95.4 cm³/mol. The summed E-state index contributed by atoms with van der Waals surface area (Å²) in [6.45, 7) is 2.09. The molecule has 0 radical (unpaired) electrons. The van der Waals surface area contributed by atoms with Gasteiger partial charge in [-0.1, -0.05) is 29.8 Å². The van der Waals surface area contributed by atoms with Gasteiger partial charge >= 0.3 is 0 Å². The van der Waals surface area contributed by atoms with Gasteiger partial charge in [0.2, 0.25) is 0 Å². The molecule has 0 atom stereocenters. The van der Waals surface area contributed by atoms with Crippen molar-refractivity contribution in [3.8, 4) is 33.6 Å². The molecule has 112 valence electrons. The summed E-state index contributed by atoms with van der Waals surface area (Å²) < 4.78 is 5.24. The maximum absolute atomic E-state index is 5.24. The smallest absolute Gasteiger partial charge is 0.0980 e. The monoisotopic (exact) mass is 317 g/mol. The minimum absolute atomic E-state index is 0.977. The van der Waals surface area contributed by atoms with Crippen LogP contribution in [0.1, 0.15) is 5.56 Å². The number of aryl methyl sites for hydroxylation is 1. The average molecular weight is 317 g/mol. The van der Waals surface area contributed by atoms with Gasteiger partial charge in [-0.3, -0.25) is 0 Å². The predicted octanol–water partition coefficient (Wildman–Crippen LogP) is 6.05. The molecule has 0 aliphatic rings. The summed E-state index contributed by atoms with van der Waals surface area (Å²) in [6, 6.07) is 16.8. The minimum atomic E-state index is 0.977. The van der Waals surface area contributed by atoms with E-state index in [1.54, 1.807) is 23.9 Å². The SMILES string of the molecule is Cc1ccc(-c2cc(-c3ccoc3)cc(-c3ccsc3)n2)cc1. The van der Waals surface area contributed by atoms with E-state index in [1.807, 2.05) is 6.07 Å². The first kappa shape index (κ1) is 14.0. The van der Waals surface area contributed by atoms with Crippen LogP contribution >= 0.6 is 11.3 Å². The molecule has 0 spiro atoms. The van der Waals surface area contributed by atoms with Gasteiger partial charge in [0.05, 0.1) is 23.9 Å². The Morgan fingerprint density at radius 2 is 1.61 bits per heavy atom. The van der Waals surface area contributed by atoms with Crippen molar-refractivity contribution < 1.29 is 4.42 Å². The van der Waals surface area contributed by atoms with E-state index in [9.17, 15) is 0 Å². The number of aromatic nitrogens is 1. The highest BCUT2D eigenvalue weighted by Crippen LogP contribution is 2.31. The van der Waals surface area contributed by atoms with Crippen molar-refractivity contribution in [2.45, 2.75) is 6.92 Å². The summed E-state index contributed by atoms with van der Waals surface area (Å²) in [5.74, 6) is 0. The lowest BCUT2D eigenvalue weighted by molar-refractivity contribution is 0.568. The van der Waals surface area contributed by atoms with E-state index in [0.29, 0.717) is 0 Å². The lowest BCUT2D eigenvalue weighted by Gasteiger charge is -2.08. The van der Waals surface area contributed by atoms with Crippen LogP contribution in [-0.4, -0.2) is 4.98 Å². The fourth-order valence-corrected chi connectivity index (χ4v) is 3.21. The summed E-state index contributed by atoms with van der Waals surface area (Å²) in [6.07, 6.45) is 3.47. The second-order valence-corrected chi connectivity index (χ2v) is 6.30. The van der Waals surface area contributed by atoms with Crippen LogP contribution < -0.4 is 0 Å². The third-order valence-electron chi connectivity index (χ3n) is 3.84. The summed E-state index contributed by atoms with van der Waals surface area (Å²) in [5, 5.41) is 4.20. The van der Waals surface area contributed by atoms with Crippen molar-refractivity contribution in [2.75, 3.05) is 0 Å². The minimum Gasteiger partial charge on any atom is -0.472 e. The molecule has 4 aromatic rings. The molecule has 0 aliphatic carbocycles. The van der Waals surface area contributed by atoms with E-state index in [4.69, 9.17) is 9.40 Å². The number of benzene rings is 1. The van der Waals surface area contributed by atoms with E-state index in [2.05, 4.69) is 60.1 Å². The summed E-state index contributed by atoms with van der Waals surface area (Å²) >= 11 is 1.68. The molecule has 0 N–H and O–H groups in total. The Balaban J connectivity index is 1.89. The fraction of sp³-hybridized carbons (Fsp3) is 0.0500. The molecule has 3 heterocycles. The van der Waals surface area contributed by atoms with Crippen molar-refractivity contribution in [1.82, 2.24) is 4.98 Å². The van der Waals surface area contributed by atoms with Gasteiger partial charge in [0.1, 0.15) is 0 Å². The highest BCUT2D eigenvalue weighted by molar-refractivity contribution is 7.08. The average Bonchev–Trinajstić information content (AvgIpc) is 3.29. The quantitative estimate of drug-likeness (QED) is 0.460. The Hall–Kier alpha value is -2.65. The zero-order valence-electron chi connectivity index (χ0n) is 12.7. The molecular weight excluding hydrogens is 302 g/mol. The van der Waals surface area contributed by atoms with Crippen molar-refractivity contribution in [1.29, 1.82) is 0 Å². The highest BCUT2D eigenvalue weighted by Gasteiger charge is 2.09. The largest absolute Gasteiger partial charge is 0.472 e. The van der Waals surface area contributed by atoms with Crippen LogP contribution in [0.3, 0.4) is 0 Å². The third-order valence-corrected chi connectivity index (χ3v) is 4.53. The summed E-state index contributed by atoms with van der Waals surface area (Å²) in [4.78, 5) is 4.86. The van der Waals surface area contributed by atoms with Gasteiger partial charge in [-0.2, -0.15) is 11.3 Å². The van der Waals surface area contributed by atoms with E-state index in [0.717, 1.165) is 33.6 Å². The number of hydrogen-bond acceptors (Lipinski definition) is 3. The standard InChI is InChI=1S/C20H15NOS/c1-14-2-4-15(5-3-14)19-10-18(16-6-8-22-12-16)11-20(21-19)17-7-9-23-13-17/h2-13H,1H3. The van der Waals surface area contributed by atoms with E-state index < -0.39 is 0 Å². The van der Waals surface area contributed by atoms with Crippen molar-refractivity contribution in [2.24, 2.45) is 0 Å². The zero-order valence-corrected chi connectivity index (χ0v) is 13.5. The Kier molecular flexibility index (Phi) is 3.56. The molecule has 0 bridgehead atoms. The molecule has 3 aromatic heterocycles. The number of hydrogen-bond donors (Lipinski definition) is 0. The number of rotatable bonds is 3. The molecule has 0 fully saturated rings. The molecule has 3 heteroatoms. The van der Waals surface area contributed by atoms with E-state index in [-0.39, 0.29) is 0 Å². The molecule has 0 unspecified atom stereocenters. The van der Waals surface area contributed by atoms with Crippen LogP contribution in [0.25, 0.3) is 33.6 Å².